The average Bonchev–Trinajstić information content (AvgIpc) is 2.32. The minimum Gasteiger partial charge on any atom is -0.338 e. The third kappa shape index (κ3) is 2.97. The molecule has 0 radical (unpaired) electrons. The molecule has 0 aromatic heterocycles. The summed E-state index contributed by atoms with van der Waals surface area (Å²) in [6.45, 7) is 5.32. The Balaban J connectivity index is 1.98. The van der Waals surface area contributed by atoms with Gasteiger partial charge in [-0.15, -0.1) is 0 Å². The normalized spacial score (nSPS) is 39.1. The molecule has 1 saturated heterocycles. The number of amides is 1. The lowest BCUT2D eigenvalue weighted by Gasteiger charge is -2.40. The van der Waals surface area contributed by atoms with Gasteiger partial charge < -0.3 is 10.6 Å². The fourth-order valence-electron chi connectivity index (χ4n) is 2.93. The molecule has 98 valence electrons. The molecule has 0 spiro atoms. The second-order valence-electron chi connectivity index (χ2n) is 5.47. The Morgan fingerprint density at radius 1 is 1.35 bits per heavy atom. The van der Waals surface area contributed by atoms with Crippen LogP contribution in [0.25, 0.3) is 0 Å². The molecule has 4 unspecified atom stereocenters. The maximum Gasteiger partial charge on any atom is 0.226 e. The molecule has 1 heterocycles. The van der Waals surface area contributed by atoms with Crippen molar-refractivity contribution >= 4 is 17.7 Å². The molecule has 4 atom stereocenters. The van der Waals surface area contributed by atoms with Gasteiger partial charge in [-0.2, -0.15) is 11.8 Å². The van der Waals surface area contributed by atoms with E-state index in [1.54, 1.807) is 0 Å². The van der Waals surface area contributed by atoms with Crippen molar-refractivity contribution in [1.82, 2.24) is 4.90 Å². The van der Waals surface area contributed by atoms with Crippen molar-refractivity contribution in [3.63, 3.8) is 0 Å². The number of nitrogens with zero attached hydrogens (tertiary/aromatic N) is 1. The van der Waals surface area contributed by atoms with E-state index in [1.165, 1.54) is 0 Å². The van der Waals surface area contributed by atoms with Gasteiger partial charge in [0.2, 0.25) is 5.91 Å². The number of carbonyl (C=O) groups excluding carboxylic acids is 1. The van der Waals surface area contributed by atoms with Crippen molar-refractivity contribution in [3.8, 4) is 0 Å². The third-order valence-corrected chi connectivity index (χ3v) is 5.57. The number of nitrogens with two attached hydrogens (primary N) is 1. The van der Waals surface area contributed by atoms with Crippen LogP contribution < -0.4 is 5.73 Å². The number of hydrogen-bond donors (Lipinski definition) is 1. The zero-order chi connectivity index (χ0) is 12.4. The summed E-state index contributed by atoms with van der Waals surface area (Å²) in [5, 5.41) is 0.560. The van der Waals surface area contributed by atoms with Crippen LogP contribution in [0.4, 0.5) is 0 Å². The highest BCUT2D eigenvalue weighted by molar-refractivity contribution is 8.00. The van der Waals surface area contributed by atoms with Gasteiger partial charge in [0.25, 0.3) is 0 Å². The maximum absolute atomic E-state index is 12.5. The molecule has 2 rings (SSSR count). The fraction of sp³-hybridized carbons (Fsp3) is 0.923. The predicted octanol–water partition coefficient (Wildman–Crippen LogP) is 1.86. The SMILES string of the molecule is CC1SCCN(C(=O)C2CCCC(N)C2)C1C. The van der Waals surface area contributed by atoms with Crippen molar-refractivity contribution in [2.75, 3.05) is 12.3 Å². The van der Waals surface area contributed by atoms with E-state index in [9.17, 15) is 4.79 Å². The van der Waals surface area contributed by atoms with E-state index < -0.39 is 0 Å². The summed E-state index contributed by atoms with van der Waals surface area (Å²) in [6.07, 6.45) is 4.14. The quantitative estimate of drug-likeness (QED) is 0.779. The van der Waals surface area contributed by atoms with Crippen LogP contribution in [0.15, 0.2) is 0 Å². The minimum atomic E-state index is 0.191. The standard InChI is InChI=1S/C13H24N2OS/c1-9-10(2)17-7-6-15(9)13(16)11-4-3-5-12(14)8-11/h9-12H,3-8,14H2,1-2H3. The highest BCUT2D eigenvalue weighted by Crippen LogP contribution is 2.30. The molecular formula is C13H24N2OS. The molecule has 0 aromatic rings. The lowest BCUT2D eigenvalue weighted by molar-refractivity contribution is -0.138. The Labute approximate surface area is 108 Å². The van der Waals surface area contributed by atoms with Crippen LogP contribution >= 0.6 is 11.8 Å². The smallest absolute Gasteiger partial charge is 0.226 e. The zero-order valence-corrected chi connectivity index (χ0v) is 11.7. The molecule has 4 heteroatoms. The molecule has 1 aliphatic heterocycles. The third-order valence-electron chi connectivity index (χ3n) is 4.23. The number of thioether (sulfide) groups is 1. The van der Waals surface area contributed by atoms with Gasteiger partial charge in [0.1, 0.15) is 0 Å². The first-order valence-corrected chi connectivity index (χ1v) is 7.82. The fourth-order valence-corrected chi connectivity index (χ4v) is 4.03. The van der Waals surface area contributed by atoms with E-state index in [4.69, 9.17) is 5.73 Å². The van der Waals surface area contributed by atoms with E-state index >= 15 is 0 Å². The lowest BCUT2D eigenvalue weighted by atomic mass is 9.85. The van der Waals surface area contributed by atoms with Gasteiger partial charge >= 0.3 is 0 Å². The van der Waals surface area contributed by atoms with Gasteiger partial charge in [-0.1, -0.05) is 13.3 Å². The van der Waals surface area contributed by atoms with Crippen LogP contribution in [0.5, 0.6) is 0 Å². The van der Waals surface area contributed by atoms with Crippen LogP contribution in [-0.4, -0.2) is 40.4 Å². The molecule has 17 heavy (non-hydrogen) atoms. The second kappa shape index (κ2) is 5.61. The summed E-state index contributed by atoms with van der Waals surface area (Å²) in [5.74, 6) is 1.63. The Hall–Kier alpha value is -0.220. The van der Waals surface area contributed by atoms with Gasteiger partial charge in [0.15, 0.2) is 0 Å². The van der Waals surface area contributed by atoms with Crippen molar-refractivity contribution in [2.24, 2.45) is 11.7 Å². The van der Waals surface area contributed by atoms with Crippen molar-refractivity contribution in [1.29, 1.82) is 0 Å². The molecule has 2 aliphatic rings. The Morgan fingerprint density at radius 3 is 2.82 bits per heavy atom. The monoisotopic (exact) mass is 256 g/mol. The van der Waals surface area contributed by atoms with E-state index in [0.29, 0.717) is 17.2 Å². The molecule has 2 N–H and O–H groups in total. The van der Waals surface area contributed by atoms with E-state index in [-0.39, 0.29) is 12.0 Å². The summed E-state index contributed by atoms with van der Waals surface area (Å²) in [4.78, 5) is 14.6. The number of carbonyl (C=O) groups is 1. The van der Waals surface area contributed by atoms with Gasteiger partial charge in [0, 0.05) is 35.5 Å². The summed E-state index contributed by atoms with van der Waals surface area (Å²) in [7, 11) is 0. The molecule has 1 saturated carbocycles. The van der Waals surface area contributed by atoms with Crippen LogP contribution in [-0.2, 0) is 4.79 Å². The summed E-state index contributed by atoms with van der Waals surface area (Å²) >= 11 is 1.98. The van der Waals surface area contributed by atoms with E-state index in [0.717, 1.165) is 38.0 Å². The predicted molar refractivity (Wildman–Crippen MR) is 73.0 cm³/mol. The molecule has 3 nitrogen and oxygen atoms in total. The van der Waals surface area contributed by atoms with Gasteiger partial charge in [-0.3, -0.25) is 4.79 Å². The highest BCUT2D eigenvalue weighted by atomic mass is 32.2. The van der Waals surface area contributed by atoms with Gasteiger partial charge in [-0.05, 0) is 26.2 Å². The number of rotatable bonds is 1. The van der Waals surface area contributed by atoms with E-state index in [2.05, 4.69) is 18.7 Å². The molecule has 0 bridgehead atoms. The van der Waals surface area contributed by atoms with Crippen LogP contribution in [0.3, 0.4) is 0 Å². The van der Waals surface area contributed by atoms with Crippen molar-refractivity contribution in [3.05, 3.63) is 0 Å². The Bertz CT molecular complexity index is 285. The Kier molecular flexibility index (Phi) is 4.36. The molecule has 1 aliphatic carbocycles. The second-order valence-corrected chi connectivity index (χ2v) is 6.96. The first kappa shape index (κ1) is 13.2. The molecule has 2 fully saturated rings. The first-order valence-electron chi connectivity index (χ1n) is 6.77. The Morgan fingerprint density at radius 2 is 2.12 bits per heavy atom. The van der Waals surface area contributed by atoms with Gasteiger partial charge in [0.05, 0.1) is 0 Å². The summed E-state index contributed by atoms with van der Waals surface area (Å²) in [6, 6.07) is 0.615. The first-order chi connectivity index (χ1) is 8.09. The van der Waals surface area contributed by atoms with Crippen molar-refractivity contribution < 1.29 is 4.79 Å². The molecule has 1 amide bonds. The van der Waals surface area contributed by atoms with E-state index in [1.807, 2.05) is 11.8 Å². The summed E-state index contributed by atoms with van der Waals surface area (Å²) < 4.78 is 0. The largest absolute Gasteiger partial charge is 0.338 e. The summed E-state index contributed by atoms with van der Waals surface area (Å²) in [5.41, 5.74) is 5.98. The maximum atomic E-state index is 12.5. The molecule has 0 aromatic carbocycles. The average molecular weight is 256 g/mol. The van der Waals surface area contributed by atoms with Gasteiger partial charge in [-0.25, -0.2) is 0 Å². The zero-order valence-electron chi connectivity index (χ0n) is 10.9. The number of hydrogen-bond acceptors (Lipinski definition) is 3. The minimum absolute atomic E-state index is 0.191. The highest BCUT2D eigenvalue weighted by Gasteiger charge is 2.34. The van der Waals surface area contributed by atoms with Crippen LogP contribution in [0, 0.1) is 5.92 Å². The lowest BCUT2D eigenvalue weighted by Crippen LogP contribution is -2.51. The van der Waals surface area contributed by atoms with Crippen LogP contribution in [0.2, 0.25) is 0 Å². The molecular weight excluding hydrogens is 232 g/mol. The topological polar surface area (TPSA) is 46.3 Å². The van der Waals surface area contributed by atoms with Crippen LogP contribution in [0.1, 0.15) is 39.5 Å². The van der Waals surface area contributed by atoms with Crippen molar-refractivity contribution in [2.45, 2.75) is 56.9 Å².